The molecule has 0 radical (unpaired) electrons. The highest BCUT2D eigenvalue weighted by Gasteiger charge is 2.03. The highest BCUT2D eigenvalue weighted by atomic mass is 32.1. The van der Waals surface area contributed by atoms with Gasteiger partial charge in [0.1, 0.15) is 5.82 Å². The van der Waals surface area contributed by atoms with E-state index in [-0.39, 0.29) is 12.4 Å². The average molecular weight is 261 g/mol. The summed E-state index contributed by atoms with van der Waals surface area (Å²) in [7, 11) is 0. The van der Waals surface area contributed by atoms with Crippen molar-refractivity contribution in [3.63, 3.8) is 0 Å². The summed E-state index contributed by atoms with van der Waals surface area (Å²) in [6.07, 6.45) is 0.843. The molecule has 1 aromatic heterocycles. The molecule has 0 aliphatic rings. The number of hydrogen-bond acceptors (Lipinski definition) is 3. The van der Waals surface area contributed by atoms with Crippen molar-refractivity contribution < 1.29 is 9.13 Å². The number of nitriles is 1. The fraction of sp³-hybridized carbons (Fsp3) is 0.214. The third-order valence-corrected chi connectivity index (χ3v) is 3.45. The molecule has 0 atom stereocenters. The smallest absolute Gasteiger partial charge is 0.130 e. The first-order chi connectivity index (χ1) is 8.79. The Balaban J connectivity index is 1.82. The molecule has 0 bridgehead atoms. The molecule has 0 amide bonds. The molecule has 18 heavy (non-hydrogen) atoms. The lowest BCUT2D eigenvalue weighted by molar-refractivity contribution is 0.122. The minimum absolute atomic E-state index is 0.239. The molecule has 2 rings (SSSR count). The second kappa shape index (κ2) is 6.29. The summed E-state index contributed by atoms with van der Waals surface area (Å²) in [6.45, 7) is 0.808. The van der Waals surface area contributed by atoms with Gasteiger partial charge in [0.15, 0.2) is 0 Å². The van der Waals surface area contributed by atoms with Gasteiger partial charge in [-0.15, -0.1) is 11.3 Å². The summed E-state index contributed by atoms with van der Waals surface area (Å²) in [4.78, 5) is 1.26. The zero-order valence-corrected chi connectivity index (χ0v) is 10.5. The Morgan fingerprint density at radius 3 is 2.89 bits per heavy atom. The maximum atomic E-state index is 13.5. The molecule has 2 aromatic rings. The first-order valence-corrected chi connectivity index (χ1v) is 6.46. The number of benzene rings is 1. The molecule has 4 heteroatoms. The zero-order valence-electron chi connectivity index (χ0n) is 9.73. The first kappa shape index (κ1) is 12.7. The molecule has 0 N–H and O–H groups in total. The first-order valence-electron chi connectivity index (χ1n) is 5.58. The maximum absolute atomic E-state index is 13.5. The van der Waals surface area contributed by atoms with Crippen LogP contribution in [-0.4, -0.2) is 6.61 Å². The van der Waals surface area contributed by atoms with Crippen LogP contribution in [0.15, 0.2) is 35.7 Å². The predicted molar refractivity (Wildman–Crippen MR) is 68.8 cm³/mol. The molecule has 2 nitrogen and oxygen atoms in total. The van der Waals surface area contributed by atoms with Crippen molar-refractivity contribution in [2.45, 2.75) is 13.0 Å². The van der Waals surface area contributed by atoms with Gasteiger partial charge in [0.25, 0.3) is 0 Å². The van der Waals surface area contributed by atoms with Gasteiger partial charge in [-0.2, -0.15) is 5.26 Å². The van der Waals surface area contributed by atoms with Gasteiger partial charge in [0.2, 0.25) is 0 Å². The summed E-state index contributed by atoms with van der Waals surface area (Å²) < 4.78 is 18.9. The van der Waals surface area contributed by atoms with Crippen LogP contribution in [0, 0.1) is 17.1 Å². The number of thiophene rings is 1. The minimum Gasteiger partial charge on any atom is -0.376 e. The quantitative estimate of drug-likeness (QED) is 0.771. The van der Waals surface area contributed by atoms with Crippen LogP contribution < -0.4 is 0 Å². The van der Waals surface area contributed by atoms with Crippen molar-refractivity contribution in [1.29, 1.82) is 5.26 Å². The van der Waals surface area contributed by atoms with Gasteiger partial charge >= 0.3 is 0 Å². The standard InChI is InChI=1S/C14H12FNOS/c15-14-8-11(9-16)3-4-12(14)10-17-6-5-13-2-1-7-18-13/h1-4,7-8H,5-6,10H2. The van der Waals surface area contributed by atoms with Crippen LogP contribution in [-0.2, 0) is 17.8 Å². The Morgan fingerprint density at radius 2 is 2.22 bits per heavy atom. The van der Waals surface area contributed by atoms with E-state index in [0.29, 0.717) is 17.7 Å². The fourth-order valence-electron chi connectivity index (χ4n) is 1.54. The molecule has 1 heterocycles. The van der Waals surface area contributed by atoms with Crippen LogP contribution in [0.3, 0.4) is 0 Å². The number of hydrogen-bond donors (Lipinski definition) is 0. The molecule has 1 aromatic carbocycles. The topological polar surface area (TPSA) is 33.0 Å². The number of ether oxygens (including phenoxy) is 1. The van der Waals surface area contributed by atoms with E-state index in [9.17, 15) is 4.39 Å². The van der Waals surface area contributed by atoms with Crippen LogP contribution in [0.5, 0.6) is 0 Å². The van der Waals surface area contributed by atoms with Crippen LogP contribution in [0.2, 0.25) is 0 Å². The van der Waals surface area contributed by atoms with Gasteiger partial charge < -0.3 is 4.74 Å². The van der Waals surface area contributed by atoms with Crippen molar-refractivity contribution in [3.05, 3.63) is 57.5 Å². The molecular formula is C14H12FNOS. The van der Waals surface area contributed by atoms with Crippen LogP contribution in [0.1, 0.15) is 16.0 Å². The third kappa shape index (κ3) is 3.39. The molecule has 0 spiro atoms. The highest BCUT2D eigenvalue weighted by molar-refractivity contribution is 7.09. The third-order valence-electron chi connectivity index (χ3n) is 2.51. The number of nitrogens with zero attached hydrogens (tertiary/aromatic N) is 1. The van der Waals surface area contributed by atoms with E-state index in [1.807, 2.05) is 17.5 Å². The van der Waals surface area contributed by atoms with Gasteiger partial charge in [0, 0.05) is 16.9 Å². The highest BCUT2D eigenvalue weighted by Crippen LogP contribution is 2.12. The molecule has 0 fully saturated rings. The minimum atomic E-state index is -0.384. The molecule has 92 valence electrons. The molecule has 0 saturated carbocycles. The van der Waals surface area contributed by atoms with Crippen molar-refractivity contribution in [2.24, 2.45) is 0 Å². The molecule has 0 unspecified atom stereocenters. The van der Waals surface area contributed by atoms with E-state index in [2.05, 4.69) is 6.07 Å². The molecule has 0 aliphatic carbocycles. The van der Waals surface area contributed by atoms with Crippen LogP contribution >= 0.6 is 11.3 Å². The van der Waals surface area contributed by atoms with Crippen LogP contribution in [0.25, 0.3) is 0 Å². The van der Waals surface area contributed by atoms with E-state index >= 15 is 0 Å². The normalized spacial score (nSPS) is 10.2. The summed E-state index contributed by atoms with van der Waals surface area (Å²) >= 11 is 1.69. The van der Waals surface area contributed by atoms with E-state index in [1.54, 1.807) is 23.5 Å². The second-order valence-corrected chi connectivity index (χ2v) is 4.83. The summed E-state index contributed by atoms with van der Waals surface area (Å²) in [5.41, 5.74) is 0.815. The Bertz CT molecular complexity index is 545. The van der Waals surface area contributed by atoms with E-state index in [4.69, 9.17) is 10.00 Å². The molecule has 0 saturated heterocycles. The second-order valence-electron chi connectivity index (χ2n) is 3.80. The summed E-state index contributed by atoms with van der Waals surface area (Å²) in [5.74, 6) is -0.384. The molecular weight excluding hydrogens is 249 g/mol. The van der Waals surface area contributed by atoms with Crippen molar-refractivity contribution >= 4 is 11.3 Å². The average Bonchev–Trinajstić information content (AvgIpc) is 2.89. The Hall–Kier alpha value is -1.70. The Morgan fingerprint density at radius 1 is 1.33 bits per heavy atom. The lowest BCUT2D eigenvalue weighted by atomic mass is 10.1. The summed E-state index contributed by atoms with van der Waals surface area (Å²) in [6, 6.07) is 10.4. The molecule has 0 aliphatic heterocycles. The zero-order chi connectivity index (χ0) is 12.8. The van der Waals surface area contributed by atoms with E-state index < -0.39 is 0 Å². The summed E-state index contributed by atoms with van der Waals surface area (Å²) in [5, 5.41) is 10.6. The van der Waals surface area contributed by atoms with Gasteiger partial charge in [0.05, 0.1) is 24.8 Å². The number of rotatable bonds is 5. The van der Waals surface area contributed by atoms with Gasteiger partial charge in [-0.3, -0.25) is 0 Å². The Labute approximate surface area is 109 Å². The van der Waals surface area contributed by atoms with Crippen molar-refractivity contribution in [3.8, 4) is 6.07 Å². The maximum Gasteiger partial charge on any atom is 0.130 e. The largest absolute Gasteiger partial charge is 0.376 e. The van der Waals surface area contributed by atoms with E-state index in [1.165, 1.54) is 10.9 Å². The predicted octanol–water partition coefficient (Wildman–Crippen LogP) is 3.52. The van der Waals surface area contributed by atoms with Crippen molar-refractivity contribution in [2.75, 3.05) is 6.61 Å². The lowest BCUT2D eigenvalue weighted by Crippen LogP contribution is -2.00. The van der Waals surface area contributed by atoms with E-state index in [0.717, 1.165) is 6.42 Å². The van der Waals surface area contributed by atoms with Crippen molar-refractivity contribution in [1.82, 2.24) is 0 Å². The lowest BCUT2D eigenvalue weighted by Gasteiger charge is -2.05. The number of halogens is 1. The van der Waals surface area contributed by atoms with Gasteiger partial charge in [-0.25, -0.2) is 4.39 Å². The SMILES string of the molecule is N#Cc1ccc(COCCc2cccs2)c(F)c1. The monoisotopic (exact) mass is 261 g/mol. The van der Waals surface area contributed by atoms with Gasteiger partial charge in [-0.05, 0) is 23.6 Å². The fourth-order valence-corrected chi connectivity index (χ4v) is 2.23. The van der Waals surface area contributed by atoms with Crippen LogP contribution in [0.4, 0.5) is 4.39 Å². The van der Waals surface area contributed by atoms with Gasteiger partial charge in [-0.1, -0.05) is 12.1 Å². The Kier molecular flexibility index (Phi) is 4.46.